The molecule has 0 heterocycles. The van der Waals surface area contributed by atoms with Gasteiger partial charge in [0.2, 0.25) is 0 Å². The van der Waals surface area contributed by atoms with Crippen LogP contribution < -0.4 is 5.73 Å². The molecule has 0 amide bonds. The van der Waals surface area contributed by atoms with Crippen molar-refractivity contribution < 1.29 is 0 Å². The van der Waals surface area contributed by atoms with Gasteiger partial charge in [-0.25, -0.2) is 0 Å². The average Bonchev–Trinajstić information content (AvgIpc) is 2.48. The normalized spacial score (nSPS) is 24.6. The predicted molar refractivity (Wildman–Crippen MR) is 88.4 cm³/mol. The van der Waals surface area contributed by atoms with Gasteiger partial charge in [-0.05, 0) is 42.4 Å². The van der Waals surface area contributed by atoms with E-state index in [1.807, 2.05) is 18.2 Å². The van der Waals surface area contributed by atoms with Gasteiger partial charge in [0.25, 0.3) is 0 Å². The zero-order valence-corrected chi connectivity index (χ0v) is 13.8. The molecular formula is C17H25Cl2N. The molecule has 0 saturated heterocycles. The Morgan fingerprint density at radius 1 is 1.15 bits per heavy atom. The minimum absolute atomic E-state index is 0.0943. The summed E-state index contributed by atoms with van der Waals surface area (Å²) in [5, 5.41) is 1.21. The number of benzene rings is 1. The summed E-state index contributed by atoms with van der Waals surface area (Å²) < 4.78 is 0. The molecule has 0 radical (unpaired) electrons. The Morgan fingerprint density at radius 3 is 2.45 bits per heavy atom. The van der Waals surface area contributed by atoms with E-state index in [1.54, 1.807) is 0 Å². The van der Waals surface area contributed by atoms with Gasteiger partial charge in [0.15, 0.2) is 0 Å². The summed E-state index contributed by atoms with van der Waals surface area (Å²) in [5.74, 6) is 1.51. The molecule has 1 aliphatic carbocycles. The van der Waals surface area contributed by atoms with Crippen molar-refractivity contribution in [2.24, 2.45) is 17.6 Å². The van der Waals surface area contributed by atoms with Crippen molar-refractivity contribution in [3.8, 4) is 0 Å². The zero-order chi connectivity index (χ0) is 14.5. The number of unbranched alkanes of at least 4 members (excludes halogenated alkanes) is 1. The van der Waals surface area contributed by atoms with E-state index < -0.39 is 0 Å². The zero-order valence-electron chi connectivity index (χ0n) is 12.2. The molecule has 2 rings (SSSR count). The molecule has 1 saturated carbocycles. The molecule has 0 aromatic heterocycles. The first-order valence-corrected chi connectivity index (χ1v) is 8.58. The monoisotopic (exact) mass is 313 g/mol. The molecule has 1 aliphatic rings. The van der Waals surface area contributed by atoms with Crippen LogP contribution in [0.5, 0.6) is 0 Å². The first-order valence-electron chi connectivity index (χ1n) is 7.82. The van der Waals surface area contributed by atoms with E-state index in [1.165, 1.54) is 44.9 Å². The third-order valence-electron chi connectivity index (χ3n) is 4.69. The second-order valence-electron chi connectivity index (χ2n) is 6.12. The summed E-state index contributed by atoms with van der Waals surface area (Å²) in [4.78, 5) is 0. The first kappa shape index (κ1) is 16.1. The fraction of sp³-hybridized carbons (Fsp3) is 0.647. The summed E-state index contributed by atoms with van der Waals surface area (Å²) in [7, 11) is 0. The van der Waals surface area contributed by atoms with E-state index in [4.69, 9.17) is 28.9 Å². The Labute approximate surface area is 132 Å². The molecule has 3 heteroatoms. The summed E-state index contributed by atoms with van der Waals surface area (Å²) in [6, 6.07) is 5.89. The van der Waals surface area contributed by atoms with Crippen LogP contribution in [0.25, 0.3) is 0 Å². The minimum atomic E-state index is 0.0943. The lowest BCUT2D eigenvalue weighted by Crippen LogP contribution is -2.26. The van der Waals surface area contributed by atoms with Crippen molar-refractivity contribution in [3.05, 3.63) is 33.8 Å². The highest BCUT2D eigenvalue weighted by Crippen LogP contribution is 2.38. The van der Waals surface area contributed by atoms with Crippen molar-refractivity contribution in [1.29, 1.82) is 0 Å². The van der Waals surface area contributed by atoms with E-state index in [0.717, 1.165) is 11.5 Å². The van der Waals surface area contributed by atoms with Crippen LogP contribution in [0.2, 0.25) is 10.0 Å². The Kier molecular flexibility index (Phi) is 6.20. The van der Waals surface area contributed by atoms with E-state index in [0.29, 0.717) is 16.0 Å². The number of rotatable bonds is 5. The highest BCUT2D eigenvalue weighted by Gasteiger charge is 2.26. The highest BCUT2D eigenvalue weighted by molar-refractivity contribution is 6.42. The molecule has 0 bridgehead atoms. The maximum atomic E-state index is 6.43. The van der Waals surface area contributed by atoms with Gasteiger partial charge in [-0.1, -0.05) is 68.3 Å². The van der Waals surface area contributed by atoms with Gasteiger partial charge in [0, 0.05) is 6.04 Å². The summed E-state index contributed by atoms with van der Waals surface area (Å²) >= 11 is 12.1. The van der Waals surface area contributed by atoms with Crippen molar-refractivity contribution in [1.82, 2.24) is 0 Å². The topological polar surface area (TPSA) is 26.0 Å². The minimum Gasteiger partial charge on any atom is -0.324 e. The maximum Gasteiger partial charge on any atom is 0.0595 e. The van der Waals surface area contributed by atoms with Crippen LogP contribution in [0.1, 0.15) is 63.5 Å². The quantitative estimate of drug-likeness (QED) is 0.709. The van der Waals surface area contributed by atoms with E-state index in [9.17, 15) is 0 Å². The molecule has 1 aromatic rings. The Balaban J connectivity index is 1.91. The number of hydrogen-bond acceptors (Lipinski definition) is 1. The van der Waals surface area contributed by atoms with Gasteiger partial charge < -0.3 is 5.73 Å². The second kappa shape index (κ2) is 7.68. The van der Waals surface area contributed by atoms with Gasteiger partial charge in [0.1, 0.15) is 0 Å². The van der Waals surface area contributed by atoms with Crippen LogP contribution in [0.4, 0.5) is 0 Å². The Bertz CT molecular complexity index is 425. The van der Waals surface area contributed by atoms with Gasteiger partial charge in [0.05, 0.1) is 10.0 Å². The molecular weight excluding hydrogens is 289 g/mol. The Hall–Kier alpha value is -0.240. The third kappa shape index (κ3) is 4.13. The van der Waals surface area contributed by atoms with Crippen LogP contribution >= 0.6 is 23.2 Å². The highest BCUT2D eigenvalue weighted by atomic mass is 35.5. The Morgan fingerprint density at radius 2 is 1.85 bits per heavy atom. The molecule has 2 N–H and O–H groups in total. The van der Waals surface area contributed by atoms with E-state index in [-0.39, 0.29) is 6.04 Å². The molecule has 1 unspecified atom stereocenters. The largest absolute Gasteiger partial charge is 0.324 e. The lowest BCUT2D eigenvalue weighted by molar-refractivity contribution is 0.232. The fourth-order valence-electron chi connectivity index (χ4n) is 3.32. The third-order valence-corrected chi connectivity index (χ3v) is 5.43. The van der Waals surface area contributed by atoms with Crippen molar-refractivity contribution in [2.75, 3.05) is 0 Å². The molecule has 1 atom stereocenters. The summed E-state index contributed by atoms with van der Waals surface area (Å²) in [5.41, 5.74) is 7.55. The van der Waals surface area contributed by atoms with Gasteiger partial charge in [-0.2, -0.15) is 0 Å². The SMILES string of the molecule is CCCCC1CCC(C(N)c2ccc(Cl)c(Cl)c2)CC1. The van der Waals surface area contributed by atoms with E-state index >= 15 is 0 Å². The number of hydrogen-bond donors (Lipinski definition) is 1. The van der Waals surface area contributed by atoms with Crippen molar-refractivity contribution >= 4 is 23.2 Å². The van der Waals surface area contributed by atoms with Crippen LogP contribution in [0.3, 0.4) is 0 Å². The lowest BCUT2D eigenvalue weighted by Gasteiger charge is -2.32. The van der Waals surface area contributed by atoms with Crippen LogP contribution in [0.15, 0.2) is 18.2 Å². The smallest absolute Gasteiger partial charge is 0.0595 e. The number of halogens is 2. The molecule has 0 spiro atoms. The molecule has 1 aromatic carbocycles. The second-order valence-corrected chi connectivity index (χ2v) is 6.94. The van der Waals surface area contributed by atoms with Crippen molar-refractivity contribution in [3.63, 3.8) is 0 Å². The van der Waals surface area contributed by atoms with Gasteiger partial charge in [-0.3, -0.25) is 0 Å². The molecule has 1 nitrogen and oxygen atoms in total. The molecule has 0 aliphatic heterocycles. The lowest BCUT2D eigenvalue weighted by atomic mass is 9.75. The van der Waals surface area contributed by atoms with Crippen LogP contribution in [0, 0.1) is 11.8 Å². The van der Waals surface area contributed by atoms with Crippen LogP contribution in [-0.2, 0) is 0 Å². The van der Waals surface area contributed by atoms with Gasteiger partial charge in [-0.15, -0.1) is 0 Å². The predicted octanol–water partition coefficient (Wildman–Crippen LogP) is 5.99. The van der Waals surface area contributed by atoms with Gasteiger partial charge >= 0.3 is 0 Å². The van der Waals surface area contributed by atoms with Crippen molar-refractivity contribution in [2.45, 2.75) is 57.9 Å². The standard InChI is InChI=1S/C17H25Cl2N/c1-2-3-4-12-5-7-13(8-6-12)17(20)14-9-10-15(18)16(19)11-14/h9-13,17H,2-8,20H2,1H3. The average molecular weight is 314 g/mol. The molecule has 20 heavy (non-hydrogen) atoms. The summed E-state index contributed by atoms with van der Waals surface area (Å²) in [6.07, 6.45) is 9.23. The van der Waals surface area contributed by atoms with E-state index in [2.05, 4.69) is 6.92 Å². The summed E-state index contributed by atoms with van der Waals surface area (Å²) in [6.45, 7) is 2.27. The maximum absolute atomic E-state index is 6.43. The molecule has 112 valence electrons. The molecule has 1 fully saturated rings. The van der Waals surface area contributed by atoms with Crippen LogP contribution in [-0.4, -0.2) is 0 Å². The number of nitrogens with two attached hydrogens (primary N) is 1. The first-order chi connectivity index (χ1) is 9.61. The fourth-order valence-corrected chi connectivity index (χ4v) is 3.63.